The molecule has 1 atom stereocenters. The van der Waals surface area contributed by atoms with Gasteiger partial charge in [0.05, 0.1) is 12.2 Å². The van der Waals surface area contributed by atoms with Crippen molar-refractivity contribution in [2.24, 2.45) is 0 Å². The van der Waals surface area contributed by atoms with Gasteiger partial charge in [0, 0.05) is 39.0 Å². The molecule has 2 heterocycles. The van der Waals surface area contributed by atoms with Crippen LogP contribution in [-0.2, 0) is 4.74 Å². The van der Waals surface area contributed by atoms with Gasteiger partial charge >= 0.3 is 0 Å². The number of ether oxygens (including phenoxy) is 1. The molecule has 122 valence electrons. The number of aromatic nitrogens is 1. The van der Waals surface area contributed by atoms with Gasteiger partial charge in [-0.05, 0) is 39.1 Å². The first-order valence-corrected chi connectivity index (χ1v) is 7.84. The zero-order valence-electron chi connectivity index (χ0n) is 13.7. The highest BCUT2D eigenvalue weighted by atomic mass is 16.5. The number of likely N-dealkylation sites (tertiary alicyclic amines) is 1. The molecule has 6 nitrogen and oxygen atoms in total. The highest BCUT2D eigenvalue weighted by Gasteiger charge is 2.21. The maximum absolute atomic E-state index is 12.2. The summed E-state index contributed by atoms with van der Waals surface area (Å²) in [6.45, 7) is 6.10. The van der Waals surface area contributed by atoms with Crippen LogP contribution in [0.25, 0.3) is 0 Å². The Labute approximate surface area is 132 Å². The molecule has 0 radical (unpaired) electrons. The Bertz CT molecular complexity index is 478. The number of anilines is 1. The molecular weight excluding hydrogens is 280 g/mol. The largest absolute Gasteiger partial charge is 0.380 e. The summed E-state index contributed by atoms with van der Waals surface area (Å²) < 4.78 is 5.33. The van der Waals surface area contributed by atoms with E-state index >= 15 is 0 Å². The molecule has 0 aromatic carbocycles. The fourth-order valence-electron chi connectivity index (χ4n) is 2.53. The fraction of sp³-hybridized carbons (Fsp3) is 0.625. The molecule has 1 aliphatic heterocycles. The third-order valence-electron chi connectivity index (χ3n) is 3.90. The van der Waals surface area contributed by atoms with Gasteiger partial charge in [-0.3, -0.25) is 4.79 Å². The van der Waals surface area contributed by atoms with Crippen molar-refractivity contribution < 1.29 is 9.53 Å². The number of rotatable bonds is 7. The van der Waals surface area contributed by atoms with Gasteiger partial charge in [0.15, 0.2) is 0 Å². The molecule has 1 aromatic heterocycles. The summed E-state index contributed by atoms with van der Waals surface area (Å²) in [6, 6.07) is 3.95. The average Bonchev–Trinajstić information content (AvgIpc) is 2.92. The molecule has 22 heavy (non-hydrogen) atoms. The molecule has 0 spiro atoms. The minimum atomic E-state index is -0.0451. The van der Waals surface area contributed by atoms with Crippen LogP contribution in [0.4, 0.5) is 5.82 Å². The van der Waals surface area contributed by atoms with E-state index in [1.807, 2.05) is 31.0 Å². The minimum Gasteiger partial charge on any atom is -0.380 e. The topological polar surface area (TPSA) is 57.7 Å². The predicted molar refractivity (Wildman–Crippen MR) is 87.4 cm³/mol. The predicted octanol–water partition coefficient (Wildman–Crippen LogP) is 0.988. The number of pyridine rings is 1. The molecule has 0 saturated carbocycles. The molecule has 0 bridgehead atoms. The Balaban J connectivity index is 1.86. The second-order valence-corrected chi connectivity index (χ2v) is 5.74. The van der Waals surface area contributed by atoms with E-state index in [0.29, 0.717) is 12.2 Å². The number of carbonyl (C=O) groups is 1. The quantitative estimate of drug-likeness (QED) is 0.761. The summed E-state index contributed by atoms with van der Waals surface area (Å²) in [6.07, 6.45) is 2.65. The van der Waals surface area contributed by atoms with Crippen molar-refractivity contribution >= 4 is 11.7 Å². The van der Waals surface area contributed by atoms with Gasteiger partial charge in [-0.15, -0.1) is 0 Å². The van der Waals surface area contributed by atoms with Gasteiger partial charge in [0.1, 0.15) is 5.82 Å². The summed E-state index contributed by atoms with van der Waals surface area (Å²) in [7, 11) is 4.04. The van der Waals surface area contributed by atoms with Crippen molar-refractivity contribution in [3.8, 4) is 0 Å². The van der Waals surface area contributed by atoms with Gasteiger partial charge in [-0.1, -0.05) is 0 Å². The first-order valence-electron chi connectivity index (χ1n) is 7.84. The number of amides is 1. The van der Waals surface area contributed by atoms with E-state index in [4.69, 9.17) is 4.74 Å². The molecule has 6 heteroatoms. The average molecular weight is 306 g/mol. The Morgan fingerprint density at radius 1 is 1.55 bits per heavy atom. The van der Waals surface area contributed by atoms with Crippen LogP contribution in [0.3, 0.4) is 0 Å². The van der Waals surface area contributed by atoms with Crippen molar-refractivity contribution in [2.45, 2.75) is 19.4 Å². The van der Waals surface area contributed by atoms with Crippen LogP contribution in [0.5, 0.6) is 0 Å². The van der Waals surface area contributed by atoms with Gasteiger partial charge in [0.25, 0.3) is 5.91 Å². The van der Waals surface area contributed by atoms with Crippen LogP contribution in [-0.4, -0.2) is 68.8 Å². The number of hydrogen-bond donors (Lipinski definition) is 1. The normalized spacial score (nSPS) is 18.4. The number of nitrogens with one attached hydrogen (secondary N) is 1. The number of hydrogen-bond acceptors (Lipinski definition) is 5. The smallest absolute Gasteiger partial charge is 0.253 e. The van der Waals surface area contributed by atoms with E-state index in [1.54, 1.807) is 6.20 Å². The molecule has 0 unspecified atom stereocenters. The second kappa shape index (κ2) is 8.10. The SMILES string of the molecule is CCOCCN(C)c1ccc(C(=O)N[C@@H]2CCN(C)C2)cn1. The summed E-state index contributed by atoms with van der Waals surface area (Å²) in [5, 5.41) is 3.06. The monoisotopic (exact) mass is 306 g/mol. The summed E-state index contributed by atoms with van der Waals surface area (Å²) in [5.41, 5.74) is 0.608. The van der Waals surface area contributed by atoms with Crippen LogP contribution in [0, 0.1) is 0 Å². The summed E-state index contributed by atoms with van der Waals surface area (Å²) in [5.74, 6) is 0.799. The number of likely N-dealkylation sites (N-methyl/N-ethyl adjacent to an activating group) is 2. The standard InChI is InChI=1S/C16H26N4O2/c1-4-22-10-9-20(3)15-6-5-13(11-17-15)16(21)18-14-7-8-19(2)12-14/h5-6,11,14H,4,7-10,12H2,1-3H3,(H,18,21)/t14-/m1/s1. The van der Waals surface area contributed by atoms with Crippen LogP contribution in [0.2, 0.25) is 0 Å². The van der Waals surface area contributed by atoms with E-state index < -0.39 is 0 Å². The lowest BCUT2D eigenvalue weighted by molar-refractivity contribution is 0.0938. The molecule has 1 N–H and O–H groups in total. The van der Waals surface area contributed by atoms with Crippen LogP contribution >= 0.6 is 0 Å². The third kappa shape index (κ3) is 4.68. The Kier molecular flexibility index (Phi) is 6.15. The molecule has 1 saturated heterocycles. The summed E-state index contributed by atoms with van der Waals surface area (Å²) >= 11 is 0. The van der Waals surface area contributed by atoms with Crippen molar-refractivity contribution in [3.05, 3.63) is 23.9 Å². The van der Waals surface area contributed by atoms with Gasteiger partial charge < -0.3 is 19.9 Å². The van der Waals surface area contributed by atoms with E-state index in [-0.39, 0.29) is 11.9 Å². The van der Waals surface area contributed by atoms with Crippen LogP contribution < -0.4 is 10.2 Å². The van der Waals surface area contributed by atoms with Gasteiger partial charge in [-0.25, -0.2) is 4.98 Å². The zero-order chi connectivity index (χ0) is 15.9. The molecular formula is C16H26N4O2. The molecule has 1 amide bonds. The first-order chi connectivity index (χ1) is 10.6. The van der Waals surface area contributed by atoms with E-state index in [9.17, 15) is 4.79 Å². The maximum atomic E-state index is 12.2. The lowest BCUT2D eigenvalue weighted by Crippen LogP contribution is -2.36. The highest BCUT2D eigenvalue weighted by Crippen LogP contribution is 2.11. The fourth-order valence-corrected chi connectivity index (χ4v) is 2.53. The first kappa shape index (κ1) is 16.7. The minimum absolute atomic E-state index is 0.0451. The van der Waals surface area contributed by atoms with Crippen molar-refractivity contribution in [1.82, 2.24) is 15.2 Å². The zero-order valence-corrected chi connectivity index (χ0v) is 13.7. The molecule has 2 rings (SSSR count). The molecule has 1 fully saturated rings. The van der Waals surface area contributed by atoms with Crippen molar-refractivity contribution in [1.29, 1.82) is 0 Å². The van der Waals surface area contributed by atoms with E-state index in [1.165, 1.54) is 0 Å². The lowest BCUT2D eigenvalue weighted by Gasteiger charge is -2.18. The third-order valence-corrected chi connectivity index (χ3v) is 3.90. The Hall–Kier alpha value is -1.66. The molecule has 1 aromatic rings. The lowest BCUT2D eigenvalue weighted by atomic mass is 10.2. The van der Waals surface area contributed by atoms with Crippen LogP contribution in [0.1, 0.15) is 23.7 Å². The maximum Gasteiger partial charge on any atom is 0.253 e. The van der Waals surface area contributed by atoms with Gasteiger partial charge in [-0.2, -0.15) is 0 Å². The van der Waals surface area contributed by atoms with Crippen molar-refractivity contribution in [2.75, 3.05) is 51.8 Å². The van der Waals surface area contributed by atoms with Gasteiger partial charge in [0.2, 0.25) is 0 Å². The highest BCUT2D eigenvalue weighted by molar-refractivity contribution is 5.94. The number of nitrogens with zero attached hydrogens (tertiary/aromatic N) is 3. The van der Waals surface area contributed by atoms with Crippen LogP contribution in [0.15, 0.2) is 18.3 Å². The van der Waals surface area contributed by atoms with Crippen molar-refractivity contribution in [3.63, 3.8) is 0 Å². The number of carbonyl (C=O) groups excluding carboxylic acids is 1. The summed E-state index contributed by atoms with van der Waals surface area (Å²) in [4.78, 5) is 20.8. The van der Waals surface area contributed by atoms with E-state index in [0.717, 1.165) is 38.5 Å². The Morgan fingerprint density at radius 3 is 2.95 bits per heavy atom. The van der Waals surface area contributed by atoms with E-state index in [2.05, 4.69) is 22.2 Å². The molecule has 1 aliphatic rings. The molecule has 0 aliphatic carbocycles. The Morgan fingerprint density at radius 2 is 2.36 bits per heavy atom. The second-order valence-electron chi connectivity index (χ2n) is 5.74.